The van der Waals surface area contributed by atoms with Crippen LogP contribution in [0, 0.1) is 0 Å². The molecule has 5 heteroatoms. The molecule has 0 aromatic heterocycles. The lowest BCUT2D eigenvalue weighted by Crippen LogP contribution is -2.45. The van der Waals surface area contributed by atoms with E-state index in [-0.39, 0.29) is 18.1 Å². The van der Waals surface area contributed by atoms with Crippen molar-refractivity contribution in [3.05, 3.63) is 0 Å². The average Bonchev–Trinajstić information content (AvgIpc) is 2.19. The molecular formula is C12H22F3NO. The van der Waals surface area contributed by atoms with Gasteiger partial charge in [0.2, 0.25) is 0 Å². The van der Waals surface area contributed by atoms with Crippen molar-refractivity contribution in [1.29, 1.82) is 0 Å². The third-order valence-corrected chi connectivity index (χ3v) is 3.74. The summed E-state index contributed by atoms with van der Waals surface area (Å²) in [5.41, 5.74) is -0.0775. The second-order valence-corrected chi connectivity index (χ2v) is 4.94. The topological polar surface area (TPSA) is 21.3 Å². The first-order valence-electron chi connectivity index (χ1n) is 6.20. The largest absolute Gasteiger partial charge is 0.389 e. The van der Waals surface area contributed by atoms with Crippen LogP contribution in [0.15, 0.2) is 0 Å². The molecule has 1 atom stereocenters. The lowest BCUT2D eigenvalue weighted by Gasteiger charge is -2.42. The fourth-order valence-corrected chi connectivity index (χ4v) is 2.41. The Balaban J connectivity index is 2.28. The molecule has 1 aliphatic rings. The Morgan fingerprint density at radius 1 is 1.35 bits per heavy atom. The molecule has 0 saturated heterocycles. The highest BCUT2D eigenvalue weighted by Gasteiger charge is 2.38. The zero-order chi connectivity index (χ0) is 12.9. The van der Waals surface area contributed by atoms with Gasteiger partial charge in [0.25, 0.3) is 0 Å². The van der Waals surface area contributed by atoms with Crippen LogP contribution in [0.1, 0.15) is 44.9 Å². The number of hydrogen-bond acceptors (Lipinski definition) is 2. The van der Waals surface area contributed by atoms with E-state index < -0.39 is 12.6 Å². The van der Waals surface area contributed by atoms with Crippen molar-refractivity contribution in [2.24, 2.45) is 0 Å². The average molecular weight is 253 g/mol. The van der Waals surface area contributed by atoms with Gasteiger partial charge in [0.1, 0.15) is 0 Å². The minimum atomic E-state index is -4.03. The van der Waals surface area contributed by atoms with E-state index in [0.717, 1.165) is 25.7 Å². The van der Waals surface area contributed by atoms with E-state index in [9.17, 15) is 13.2 Å². The summed E-state index contributed by atoms with van der Waals surface area (Å²) in [7, 11) is 3.50. The standard InChI is InChI=1S/C12H22F3NO/c1-16-10(5-3-8-12(13,14)15)9-11(17-2)6-4-7-11/h10,16H,3-9H2,1-2H3. The Kier molecular flexibility index (Phi) is 5.25. The third kappa shape index (κ3) is 4.84. The van der Waals surface area contributed by atoms with Gasteiger partial charge in [-0.15, -0.1) is 0 Å². The molecule has 1 fully saturated rings. The molecular weight excluding hydrogens is 231 g/mol. The molecule has 0 amide bonds. The molecule has 1 rings (SSSR count). The molecule has 102 valence electrons. The van der Waals surface area contributed by atoms with Crippen LogP contribution in [0.5, 0.6) is 0 Å². The molecule has 0 bridgehead atoms. The summed E-state index contributed by atoms with van der Waals surface area (Å²) in [5, 5.41) is 3.10. The number of methoxy groups -OCH3 is 1. The summed E-state index contributed by atoms with van der Waals surface area (Å²) in [4.78, 5) is 0. The molecule has 0 aromatic carbocycles. The Labute approximate surface area is 101 Å². The minimum absolute atomic E-state index is 0.0775. The van der Waals surface area contributed by atoms with E-state index in [4.69, 9.17) is 4.74 Å². The second-order valence-electron chi connectivity index (χ2n) is 4.94. The van der Waals surface area contributed by atoms with Gasteiger partial charge >= 0.3 is 6.18 Å². The van der Waals surface area contributed by atoms with Crippen LogP contribution in [0.3, 0.4) is 0 Å². The van der Waals surface area contributed by atoms with Gasteiger partial charge in [-0.1, -0.05) is 0 Å². The molecule has 2 nitrogen and oxygen atoms in total. The minimum Gasteiger partial charge on any atom is -0.378 e. The maximum absolute atomic E-state index is 12.0. The normalized spacial score (nSPS) is 21.0. The van der Waals surface area contributed by atoms with Crippen LogP contribution < -0.4 is 5.32 Å². The maximum atomic E-state index is 12.0. The van der Waals surface area contributed by atoms with E-state index in [1.807, 2.05) is 0 Å². The first kappa shape index (κ1) is 14.8. The number of rotatable bonds is 7. The maximum Gasteiger partial charge on any atom is 0.389 e. The SMILES string of the molecule is CNC(CCCC(F)(F)F)CC1(OC)CCC1. The van der Waals surface area contributed by atoms with Gasteiger partial charge < -0.3 is 10.1 Å². The zero-order valence-electron chi connectivity index (χ0n) is 10.6. The third-order valence-electron chi connectivity index (χ3n) is 3.74. The highest BCUT2D eigenvalue weighted by atomic mass is 19.4. The van der Waals surface area contributed by atoms with E-state index >= 15 is 0 Å². The summed E-state index contributed by atoms with van der Waals surface area (Å²) in [5.74, 6) is 0. The van der Waals surface area contributed by atoms with Crippen LogP contribution in [0.2, 0.25) is 0 Å². The Hall–Kier alpha value is -0.290. The van der Waals surface area contributed by atoms with Crippen molar-refractivity contribution in [3.63, 3.8) is 0 Å². The van der Waals surface area contributed by atoms with Crippen molar-refractivity contribution >= 4 is 0 Å². The van der Waals surface area contributed by atoms with Crippen molar-refractivity contribution in [1.82, 2.24) is 5.32 Å². The molecule has 1 N–H and O–H groups in total. The van der Waals surface area contributed by atoms with Gasteiger partial charge in [-0.05, 0) is 45.6 Å². The van der Waals surface area contributed by atoms with E-state index in [1.165, 1.54) is 0 Å². The van der Waals surface area contributed by atoms with Gasteiger partial charge in [-0.3, -0.25) is 0 Å². The Morgan fingerprint density at radius 3 is 2.35 bits per heavy atom. The molecule has 17 heavy (non-hydrogen) atoms. The predicted molar refractivity (Wildman–Crippen MR) is 61.0 cm³/mol. The lowest BCUT2D eigenvalue weighted by molar-refractivity contribution is -0.136. The van der Waals surface area contributed by atoms with Gasteiger partial charge in [0, 0.05) is 19.6 Å². The number of halogens is 3. The summed E-state index contributed by atoms with van der Waals surface area (Å²) < 4.78 is 41.6. The predicted octanol–water partition coefficient (Wildman–Crippen LogP) is 3.27. The molecule has 0 aliphatic heterocycles. The van der Waals surface area contributed by atoms with Crippen molar-refractivity contribution in [3.8, 4) is 0 Å². The van der Waals surface area contributed by atoms with Crippen molar-refractivity contribution in [2.75, 3.05) is 14.2 Å². The summed E-state index contributed by atoms with van der Waals surface area (Å²) in [6, 6.07) is 0.123. The van der Waals surface area contributed by atoms with Gasteiger partial charge in [0.15, 0.2) is 0 Å². The number of hydrogen-bond donors (Lipinski definition) is 1. The summed E-state index contributed by atoms with van der Waals surface area (Å²) >= 11 is 0. The molecule has 1 unspecified atom stereocenters. The van der Waals surface area contributed by atoms with Crippen LogP contribution in [0.4, 0.5) is 13.2 Å². The lowest BCUT2D eigenvalue weighted by atomic mass is 9.75. The van der Waals surface area contributed by atoms with Crippen LogP contribution in [-0.4, -0.2) is 32.0 Å². The first-order chi connectivity index (χ1) is 7.91. The molecule has 0 spiro atoms. The highest BCUT2D eigenvalue weighted by molar-refractivity contribution is 4.92. The number of alkyl halides is 3. The van der Waals surface area contributed by atoms with E-state index in [2.05, 4.69) is 5.32 Å². The Morgan fingerprint density at radius 2 is 2.00 bits per heavy atom. The summed E-state index contributed by atoms with van der Waals surface area (Å²) in [6.07, 6.45) is 0.0569. The Bertz CT molecular complexity index is 221. The number of ether oxygens (including phenoxy) is 1. The quantitative estimate of drug-likeness (QED) is 0.752. The van der Waals surface area contributed by atoms with Gasteiger partial charge in [-0.25, -0.2) is 0 Å². The molecule has 0 heterocycles. The van der Waals surface area contributed by atoms with Gasteiger partial charge in [0.05, 0.1) is 5.60 Å². The van der Waals surface area contributed by atoms with Crippen LogP contribution in [0.25, 0.3) is 0 Å². The summed E-state index contributed by atoms with van der Waals surface area (Å²) in [6.45, 7) is 0. The van der Waals surface area contributed by atoms with E-state index in [1.54, 1.807) is 14.2 Å². The first-order valence-corrected chi connectivity index (χ1v) is 6.20. The molecule has 1 aliphatic carbocycles. The zero-order valence-corrected chi connectivity index (χ0v) is 10.6. The fourth-order valence-electron chi connectivity index (χ4n) is 2.41. The smallest absolute Gasteiger partial charge is 0.378 e. The van der Waals surface area contributed by atoms with E-state index in [0.29, 0.717) is 6.42 Å². The monoisotopic (exact) mass is 253 g/mol. The number of nitrogens with one attached hydrogen (secondary N) is 1. The fraction of sp³-hybridized carbons (Fsp3) is 1.00. The van der Waals surface area contributed by atoms with Crippen molar-refractivity contribution < 1.29 is 17.9 Å². The molecule has 0 aromatic rings. The van der Waals surface area contributed by atoms with Crippen LogP contribution >= 0.6 is 0 Å². The van der Waals surface area contributed by atoms with Gasteiger partial charge in [-0.2, -0.15) is 13.2 Å². The molecule has 0 radical (unpaired) electrons. The van der Waals surface area contributed by atoms with Crippen molar-refractivity contribution in [2.45, 2.75) is 62.8 Å². The second kappa shape index (κ2) is 6.05. The highest BCUT2D eigenvalue weighted by Crippen LogP contribution is 2.39. The molecule has 1 saturated carbocycles. The van der Waals surface area contributed by atoms with Crippen LogP contribution in [-0.2, 0) is 4.74 Å².